The van der Waals surface area contributed by atoms with Crippen LogP contribution in [-0.2, 0) is 21.5 Å². The summed E-state index contributed by atoms with van der Waals surface area (Å²) in [6.07, 6.45) is 2.81. The van der Waals surface area contributed by atoms with Gasteiger partial charge in [-0.3, -0.25) is 9.59 Å². The summed E-state index contributed by atoms with van der Waals surface area (Å²) in [7, 11) is 0. The number of benzene rings is 2. The van der Waals surface area contributed by atoms with E-state index in [1.54, 1.807) is 12.1 Å². The molecule has 140 valence electrons. The number of amides is 2. The van der Waals surface area contributed by atoms with Gasteiger partial charge in [-0.2, -0.15) is 0 Å². The lowest BCUT2D eigenvalue weighted by Gasteiger charge is -2.16. The molecule has 1 aliphatic carbocycles. The smallest absolute Gasteiger partial charge is 0.243 e. The SMILES string of the molecule is C=CC(=O)NC(C)c1ccc(CNC(=O)C2(c3ccc(F)cc3)CC2)cc1. The van der Waals surface area contributed by atoms with Gasteiger partial charge in [-0.1, -0.05) is 43.0 Å². The second-order valence-electron chi connectivity index (χ2n) is 6.95. The molecule has 1 fully saturated rings. The van der Waals surface area contributed by atoms with Crippen LogP contribution in [0.25, 0.3) is 0 Å². The van der Waals surface area contributed by atoms with Crippen LogP contribution in [0.15, 0.2) is 61.2 Å². The Labute approximate surface area is 158 Å². The number of hydrogen-bond acceptors (Lipinski definition) is 2. The van der Waals surface area contributed by atoms with E-state index >= 15 is 0 Å². The van der Waals surface area contributed by atoms with E-state index < -0.39 is 5.41 Å². The minimum Gasteiger partial charge on any atom is -0.351 e. The van der Waals surface area contributed by atoms with Crippen molar-refractivity contribution in [2.24, 2.45) is 0 Å². The van der Waals surface area contributed by atoms with Gasteiger partial charge in [0.1, 0.15) is 5.82 Å². The average molecular weight is 366 g/mol. The third-order valence-electron chi connectivity index (χ3n) is 5.06. The molecule has 0 aliphatic heterocycles. The summed E-state index contributed by atoms with van der Waals surface area (Å²) in [4.78, 5) is 24.0. The molecule has 1 unspecified atom stereocenters. The molecule has 0 heterocycles. The Balaban J connectivity index is 1.58. The Morgan fingerprint density at radius 1 is 1.15 bits per heavy atom. The number of rotatable bonds is 7. The van der Waals surface area contributed by atoms with Gasteiger partial charge in [-0.25, -0.2) is 4.39 Å². The molecule has 1 atom stereocenters. The zero-order valence-corrected chi connectivity index (χ0v) is 15.3. The van der Waals surface area contributed by atoms with Crippen LogP contribution in [0, 0.1) is 5.82 Å². The number of halogens is 1. The van der Waals surface area contributed by atoms with Crippen molar-refractivity contribution in [3.63, 3.8) is 0 Å². The maximum absolute atomic E-state index is 13.1. The van der Waals surface area contributed by atoms with Crippen molar-refractivity contribution in [2.75, 3.05) is 0 Å². The van der Waals surface area contributed by atoms with Crippen molar-refractivity contribution in [3.05, 3.63) is 83.7 Å². The van der Waals surface area contributed by atoms with Crippen molar-refractivity contribution < 1.29 is 14.0 Å². The molecule has 1 saturated carbocycles. The van der Waals surface area contributed by atoms with Crippen molar-refractivity contribution in [1.29, 1.82) is 0 Å². The topological polar surface area (TPSA) is 58.2 Å². The van der Waals surface area contributed by atoms with Gasteiger partial charge in [-0.15, -0.1) is 0 Å². The maximum Gasteiger partial charge on any atom is 0.243 e. The fourth-order valence-electron chi connectivity index (χ4n) is 3.17. The van der Waals surface area contributed by atoms with Gasteiger partial charge in [-0.05, 0) is 54.7 Å². The minimum atomic E-state index is -0.517. The Kier molecular flexibility index (Phi) is 5.40. The Bertz CT molecular complexity index is 840. The monoisotopic (exact) mass is 366 g/mol. The molecule has 2 aromatic carbocycles. The highest BCUT2D eigenvalue weighted by Crippen LogP contribution is 2.48. The zero-order chi connectivity index (χ0) is 19.4. The van der Waals surface area contributed by atoms with E-state index in [1.165, 1.54) is 18.2 Å². The largest absolute Gasteiger partial charge is 0.351 e. The molecule has 0 radical (unpaired) electrons. The second-order valence-corrected chi connectivity index (χ2v) is 6.95. The molecule has 0 spiro atoms. The van der Waals surface area contributed by atoms with Crippen LogP contribution >= 0.6 is 0 Å². The molecule has 4 nitrogen and oxygen atoms in total. The van der Waals surface area contributed by atoms with E-state index in [0.717, 1.165) is 29.5 Å². The number of hydrogen-bond donors (Lipinski definition) is 2. The highest BCUT2D eigenvalue weighted by molar-refractivity contribution is 5.91. The average Bonchev–Trinajstić information content (AvgIpc) is 3.49. The fourth-order valence-corrected chi connectivity index (χ4v) is 3.17. The summed E-state index contributed by atoms with van der Waals surface area (Å²) < 4.78 is 13.1. The molecular formula is C22H23FN2O2. The Morgan fingerprint density at radius 3 is 2.33 bits per heavy atom. The lowest BCUT2D eigenvalue weighted by Crippen LogP contribution is -2.34. The van der Waals surface area contributed by atoms with Gasteiger partial charge in [0, 0.05) is 6.54 Å². The Hall–Kier alpha value is -2.95. The van der Waals surface area contributed by atoms with Crippen LogP contribution in [0.1, 0.15) is 42.5 Å². The van der Waals surface area contributed by atoms with E-state index in [-0.39, 0.29) is 23.7 Å². The molecule has 2 N–H and O–H groups in total. The minimum absolute atomic E-state index is 0.0233. The second kappa shape index (κ2) is 7.74. The summed E-state index contributed by atoms with van der Waals surface area (Å²) in [5.41, 5.74) is 2.30. The van der Waals surface area contributed by atoms with Gasteiger partial charge in [0.15, 0.2) is 0 Å². The molecule has 1 aliphatic rings. The highest BCUT2D eigenvalue weighted by atomic mass is 19.1. The first-order chi connectivity index (χ1) is 12.9. The first-order valence-electron chi connectivity index (χ1n) is 9.01. The van der Waals surface area contributed by atoms with Crippen LogP contribution in [-0.4, -0.2) is 11.8 Å². The summed E-state index contributed by atoms with van der Waals surface area (Å²) in [5.74, 6) is -0.535. The molecular weight excluding hydrogens is 343 g/mol. The number of nitrogens with one attached hydrogen (secondary N) is 2. The quantitative estimate of drug-likeness (QED) is 0.737. The number of carbonyl (C=O) groups is 2. The molecule has 2 aromatic rings. The van der Waals surface area contributed by atoms with Crippen LogP contribution in [0.3, 0.4) is 0 Å². The van der Waals surface area contributed by atoms with E-state index in [0.29, 0.717) is 6.54 Å². The van der Waals surface area contributed by atoms with E-state index in [9.17, 15) is 14.0 Å². The van der Waals surface area contributed by atoms with Crippen LogP contribution < -0.4 is 10.6 Å². The van der Waals surface area contributed by atoms with Crippen LogP contribution in [0.2, 0.25) is 0 Å². The molecule has 2 amide bonds. The van der Waals surface area contributed by atoms with Gasteiger partial charge in [0.25, 0.3) is 0 Å². The normalized spacial score (nSPS) is 15.5. The lowest BCUT2D eigenvalue weighted by atomic mass is 9.95. The van der Waals surface area contributed by atoms with Crippen molar-refractivity contribution >= 4 is 11.8 Å². The van der Waals surface area contributed by atoms with Gasteiger partial charge in [0.2, 0.25) is 11.8 Å². The van der Waals surface area contributed by atoms with E-state index in [2.05, 4.69) is 17.2 Å². The van der Waals surface area contributed by atoms with Gasteiger partial charge < -0.3 is 10.6 Å². The third-order valence-corrected chi connectivity index (χ3v) is 5.06. The lowest BCUT2D eigenvalue weighted by molar-refractivity contribution is -0.123. The van der Waals surface area contributed by atoms with Gasteiger partial charge >= 0.3 is 0 Å². The molecule has 0 bridgehead atoms. The standard InChI is InChI=1S/C22H23FN2O2/c1-3-20(26)25-15(2)17-6-4-16(5-7-17)14-24-21(27)22(12-13-22)18-8-10-19(23)11-9-18/h3-11,15H,1,12-14H2,2H3,(H,24,27)(H,25,26). The van der Waals surface area contributed by atoms with Crippen molar-refractivity contribution in [3.8, 4) is 0 Å². The van der Waals surface area contributed by atoms with E-state index in [1.807, 2.05) is 31.2 Å². The van der Waals surface area contributed by atoms with Crippen LogP contribution in [0.5, 0.6) is 0 Å². The van der Waals surface area contributed by atoms with Crippen molar-refractivity contribution in [1.82, 2.24) is 10.6 Å². The fraction of sp³-hybridized carbons (Fsp3) is 0.273. The van der Waals surface area contributed by atoms with Crippen LogP contribution in [0.4, 0.5) is 4.39 Å². The molecule has 5 heteroatoms. The predicted octanol–water partition coefficient (Wildman–Crippen LogP) is 3.54. The zero-order valence-electron chi connectivity index (χ0n) is 15.3. The van der Waals surface area contributed by atoms with Crippen molar-refractivity contribution in [2.45, 2.75) is 37.8 Å². The third kappa shape index (κ3) is 4.25. The van der Waals surface area contributed by atoms with E-state index in [4.69, 9.17) is 0 Å². The molecule has 0 aromatic heterocycles. The number of carbonyl (C=O) groups excluding carboxylic acids is 2. The highest BCUT2D eigenvalue weighted by Gasteiger charge is 2.51. The molecule has 3 rings (SSSR count). The first kappa shape index (κ1) is 18.8. The first-order valence-corrected chi connectivity index (χ1v) is 9.01. The molecule has 0 saturated heterocycles. The Morgan fingerprint density at radius 2 is 1.78 bits per heavy atom. The molecule has 27 heavy (non-hydrogen) atoms. The summed E-state index contributed by atoms with van der Waals surface area (Å²) >= 11 is 0. The van der Waals surface area contributed by atoms with Gasteiger partial charge in [0.05, 0.1) is 11.5 Å². The predicted molar refractivity (Wildman–Crippen MR) is 102 cm³/mol. The summed E-state index contributed by atoms with van der Waals surface area (Å²) in [6.45, 7) is 5.77. The summed E-state index contributed by atoms with van der Waals surface area (Å²) in [6, 6.07) is 13.8. The maximum atomic E-state index is 13.1. The summed E-state index contributed by atoms with van der Waals surface area (Å²) in [5, 5.41) is 5.80.